The molecule has 2 aromatic rings. The summed E-state index contributed by atoms with van der Waals surface area (Å²) in [4.78, 5) is -0.237. The highest BCUT2D eigenvalue weighted by Crippen LogP contribution is 2.37. The number of aliphatic hydroxyl groups is 2. The minimum atomic E-state index is -3.99. The third kappa shape index (κ3) is 10.0. The number of alkyl halides is 1. The smallest absolute Gasteiger partial charge is 0.206 e. The Morgan fingerprint density at radius 1 is 0.857 bits per heavy atom. The molecule has 0 saturated carbocycles. The Labute approximate surface area is 234 Å². The van der Waals surface area contributed by atoms with Gasteiger partial charge in [-0.15, -0.1) is 11.6 Å². The second kappa shape index (κ2) is 15.0. The molecule has 0 saturated heterocycles. The normalized spacial score (nSPS) is 13.2. The summed E-state index contributed by atoms with van der Waals surface area (Å²) in [5.74, 6) is -0.304. The van der Waals surface area contributed by atoms with Crippen LogP contribution in [-0.4, -0.2) is 69.9 Å². The molecule has 35 heavy (non-hydrogen) atoms. The fraction of sp³-hybridized carbons (Fsp3) is 0.400. The fourth-order valence-corrected chi connectivity index (χ4v) is 5.60. The van der Waals surface area contributed by atoms with E-state index in [2.05, 4.69) is 0 Å². The van der Waals surface area contributed by atoms with Gasteiger partial charge in [0.1, 0.15) is 31.2 Å². The lowest BCUT2D eigenvalue weighted by Crippen LogP contribution is -2.27. The van der Waals surface area contributed by atoms with Gasteiger partial charge in [-0.1, -0.05) is 30.1 Å². The SMILES string of the molecule is CCS(=O)(=O)C[C@@H](O)COc1ccc(S(=O)(=O)c2cc(Cl)c(OC[C@H](O)CCl)c(Cl)c2)cc1.S.S. The van der Waals surface area contributed by atoms with Gasteiger partial charge in [0.05, 0.1) is 31.5 Å². The number of aliphatic hydroxyl groups excluding tert-OH is 2. The molecular formula is C20H27Cl3O8S4. The van der Waals surface area contributed by atoms with Crippen molar-refractivity contribution in [2.75, 3.05) is 30.6 Å². The highest BCUT2D eigenvalue weighted by atomic mass is 35.5. The standard InChI is InChI=1S/C20H23Cl3O8S2.2H2S/c1-2-32(26,27)12-14(25)11-30-15-3-5-16(6-4-15)33(28,29)17-7-18(22)20(19(23)8-17)31-10-13(24)9-21;;/h3-8,13-14,24-25H,2,9-12H2,1H3;2*1H2/t13-,14+;;/m1../s1. The molecule has 200 valence electrons. The maximum Gasteiger partial charge on any atom is 0.206 e. The van der Waals surface area contributed by atoms with Crippen molar-refractivity contribution in [3.8, 4) is 11.5 Å². The van der Waals surface area contributed by atoms with Crippen LogP contribution in [0.1, 0.15) is 6.92 Å². The van der Waals surface area contributed by atoms with Crippen LogP contribution in [0, 0.1) is 0 Å². The van der Waals surface area contributed by atoms with Crippen LogP contribution in [0.3, 0.4) is 0 Å². The summed E-state index contributed by atoms with van der Waals surface area (Å²) in [5, 5.41) is 19.2. The summed E-state index contributed by atoms with van der Waals surface area (Å²) in [6.07, 6.45) is -2.16. The molecule has 0 radical (unpaired) electrons. The van der Waals surface area contributed by atoms with Gasteiger partial charge in [-0.2, -0.15) is 27.0 Å². The highest BCUT2D eigenvalue weighted by molar-refractivity contribution is 7.91. The molecule has 0 amide bonds. The molecule has 2 aromatic carbocycles. The van der Waals surface area contributed by atoms with Crippen LogP contribution in [-0.2, 0) is 19.7 Å². The van der Waals surface area contributed by atoms with E-state index >= 15 is 0 Å². The summed E-state index contributed by atoms with van der Waals surface area (Å²) in [6.45, 7) is 1.04. The number of ether oxygens (including phenoxy) is 2. The first-order valence-corrected chi connectivity index (χ1v) is 14.2. The third-order valence-electron chi connectivity index (χ3n) is 4.34. The number of rotatable bonds is 12. The zero-order valence-corrected chi connectivity index (χ0v) is 24.3. The summed E-state index contributed by atoms with van der Waals surface area (Å²) >= 11 is 17.8. The Balaban J connectivity index is 0.00000578. The maximum atomic E-state index is 13.0. The summed E-state index contributed by atoms with van der Waals surface area (Å²) in [6, 6.07) is 7.70. The number of sulfone groups is 2. The maximum absolute atomic E-state index is 13.0. The average Bonchev–Trinajstić information content (AvgIpc) is 2.76. The van der Waals surface area contributed by atoms with E-state index in [9.17, 15) is 27.0 Å². The van der Waals surface area contributed by atoms with E-state index in [1.807, 2.05) is 0 Å². The van der Waals surface area contributed by atoms with Gasteiger partial charge >= 0.3 is 0 Å². The van der Waals surface area contributed by atoms with Gasteiger partial charge in [-0.05, 0) is 36.4 Å². The van der Waals surface area contributed by atoms with Gasteiger partial charge in [-0.3, -0.25) is 0 Å². The molecule has 2 atom stereocenters. The molecule has 2 rings (SSSR count). The lowest BCUT2D eigenvalue weighted by molar-refractivity contribution is 0.125. The van der Waals surface area contributed by atoms with Crippen molar-refractivity contribution in [1.29, 1.82) is 0 Å². The Hall–Kier alpha value is -0.570. The van der Waals surface area contributed by atoms with Gasteiger partial charge < -0.3 is 19.7 Å². The lowest BCUT2D eigenvalue weighted by Gasteiger charge is -2.14. The number of halogens is 3. The first kappa shape index (κ1) is 34.4. The van der Waals surface area contributed by atoms with Crippen LogP contribution in [0.5, 0.6) is 11.5 Å². The molecule has 2 N–H and O–H groups in total. The second-order valence-corrected chi connectivity index (χ2v) is 12.4. The number of benzene rings is 2. The monoisotopic (exact) mass is 628 g/mol. The van der Waals surface area contributed by atoms with E-state index in [4.69, 9.17) is 44.3 Å². The number of hydrogen-bond acceptors (Lipinski definition) is 8. The molecular weight excluding hydrogens is 603 g/mol. The summed E-state index contributed by atoms with van der Waals surface area (Å²) in [5.41, 5.74) is 0. The number of hydrogen-bond donors (Lipinski definition) is 2. The van der Waals surface area contributed by atoms with Crippen LogP contribution >= 0.6 is 61.8 Å². The van der Waals surface area contributed by atoms with Gasteiger partial charge in [0.25, 0.3) is 0 Å². The van der Waals surface area contributed by atoms with Crippen molar-refractivity contribution in [2.45, 2.75) is 28.9 Å². The van der Waals surface area contributed by atoms with Crippen LogP contribution in [0.25, 0.3) is 0 Å². The van der Waals surface area contributed by atoms with Crippen LogP contribution in [0.4, 0.5) is 0 Å². The van der Waals surface area contributed by atoms with Crippen molar-refractivity contribution in [2.24, 2.45) is 0 Å². The summed E-state index contributed by atoms with van der Waals surface area (Å²) < 4.78 is 59.7. The minimum absolute atomic E-state index is 0. The molecule has 0 bridgehead atoms. The van der Waals surface area contributed by atoms with E-state index in [-0.39, 0.29) is 83.2 Å². The van der Waals surface area contributed by atoms with Crippen molar-refractivity contribution in [3.05, 3.63) is 46.4 Å². The molecule has 15 heteroatoms. The predicted octanol–water partition coefficient (Wildman–Crippen LogP) is 3.20. The van der Waals surface area contributed by atoms with Crippen LogP contribution in [0.15, 0.2) is 46.2 Å². The quantitative estimate of drug-likeness (QED) is 0.343. The molecule has 0 aliphatic heterocycles. The Morgan fingerprint density at radius 3 is 1.86 bits per heavy atom. The molecule has 0 fully saturated rings. The average molecular weight is 630 g/mol. The van der Waals surface area contributed by atoms with E-state index in [0.29, 0.717) is 0 Å². The van der Waals surface area contributed by atoms with Crippen molar-refractivity contribution >= 4 is 81.5 Å². The largest absolute Gasteiger partial charge is 0.491 e. The fourth-order valence-electron chi connectivity index (χ4n) is 2.56. The van der Waals surface area contributed by atoms with Crippen molar-refractivity contribution < 1.29 is 36.5 Å². The summed E-state index contributed by atoms with van der Waals surface area (Å²) in [7, 11) is -7.35. The third-order valence-corrected chi connectivity index (χ3v) is 8.78. The van der Waals surface area contributed by atoms with E-state index in [1.54, 1.807) is 0 Å². The lowest BCUT2D eigenvalue weighted by atomic mass is 10.3. The zero-order valence-electron chi connectivity index (χ0n) is 18.4. The molecule has 8 nitrogen and oxygen atoms in total. The zero-order chi connectivity index (χ0) is 24.8. The molecule has 0 aliphatic carbocycles. The Kier molecular flexibility index (Phi) is 14.7. The van der Waals surface area contributed by atoms with Gasteiger partial charge in [0.15, 0.2) is 15.6 Å². The van der Waals surface area contributed by atoms with Gasteiger partial charge in [-0.25, -0.2) is 16.8 Å². The molecule has 0 spiro atoms. The van der Waals surface area contributed by atoms with Crippen LogP contribution in [0.2, 0.25) is 10.0 Å². The van der Waals surface area contributed by atoms with Gasteiger partial charge in [0, 0.05) is 5.75 Å². The van der Waals surface area contributed by atoms with Gasteiger partial charge in [0.2, 0.25) is 9.84 Å². The molecule has 0 heterocycles. The van der Waals surface area contributed by atoms with E-state index in [0.717, 1.165) is 0 Å². The highest BCUT2D eigenvalue weighted by Gasteiger charge is 2.22. The first-order chi connectivity index (χ1) is 15.4. The Morgan fingerprint density at radius 2 is 1.37 bits per heavy atom. The topological polar surface area (TPSA) is 127 Å². The van der Waals surface area contributed by atoms with Crippen molar-refractivity contribution in [1.82, 2.24) is 0 Å². The molecule has 0 unspecified atom stereocenters. The minimum Gasteiger partial charge on any atom is -0.491 e. The molecule has 0 aliphatic rings. The first-order valence-electron chi connectivity index (χ1n) is 9.62. The second-order valence-electron chi connectivity index (χ2n) is 6.97. The van der Waals surface area contributed by atoms with E-state index in [1.165, 1.54) is 43.3 Å². The molecule has 0 aromatic heterocycles. The Bertz CT molecular complexity index is 1140. The van der Waals surface area contributed by atoms with E-state index < -0.39 is 37.6 Å². The predicted molar refractivity (Wildman–Crippen MR) is 147 cm³/mol. The van der Waals surface area contributed by atoms with Crippen LogP contribution < -0.4 is 9.47 Å². The van der Waals surface area contributed by atoms with Crippen molar-refractivity contribution in [3.63, 3.8) is 0 Å².